The molecular formula is C15H18O2. The minimum absolute atomic E-state index is 0.179. The zero-order valence-electron chi connectivity index (χ0n) is 10.4. The highest BCUT2D eigenvalue weighted by molar-refractivity contribution is 5.42. The maximum atomic E-state index is 10.7. The summed E-state index contributed by atoms with van der Waals surface area (Å²) in [6.07, 6.45) is 3.62. The molecule has 0 bridgehead atoms. The third kappa shape index (κ3) is 0.971. The van der Waals surface area contributed by atoms with E-state index >= 15 is 0 Å². The van der Waals surface area contributed by atoms with Gasteiger partial charge in [0, 0.05) is 17.9 Å². The van der Waals surface area contributed by atoms with Crippen molar-refractivity contribution >= 4 is 0 Å². The van der Waals surface area contributed by atoms with Crippen molar-refractivity contribution in [3.63, 3.8) is 0 Å². The van der Waals surface area contributed by atoms with E-state index in [0.29, 0.717) is 5.92 Å². The van der Waals surface area contributed by atoms with Crippen LogP contribution in [0.3, 0.4) is 0 Å². The smallest absolute Gasteiger partial charge is 0.110 e. The van der Waals surface area contributed by atoms with Crippen molar-refractivity contribution in [2.24, 2.45) is 23.2 Å². The lowest BCUT2D eigenvalue weighted by atomic mass is 9.64. The van der Waals surface area contributed by atoms with Gasteiger partial charge in [0.05, 0.1) is 12.4 Å². The molecule has 3 aliphatic carbocycles. The summed E-state index contributed by atoms with van der Waals surface area (Å²) in [5.74, 6) is 2.65. The van der Waals surface area contributed by atoms with Crippen molar-refractivity contribution < 1.29 is 9.52 Å². The Hall–Kier alpha value is -1.02. The Balaban J connectivity index is 1.90. The van der Waals surface area contributed by atoms with E-state index in [1.165, 1.54) is 12.0 Å². The quantitative estimate of drug-likeness (QED) is 0.695. The molecule has 90 valence electrons. The van der Waals surface area contributed by atoms with Gasteiger partial charge in [-0.3, -0.25) is 0 Å². The first kappa shape index (κ1) is 9.95. The molecule has 0 aliphatic heterocycles. The lowest BCUT2D eigenvalue weighted by Gasteiger charge is -2.41. The second-order valence-corrected chi connectivity index (χ2v) is 6.38. The molecule has 0 saturated heterocycles. The van der Waals surface area contributed by atoms with Gasteiger partial charge in [-0.25, -0.2) is 0 Å². The Morgan fingerprint density at radius 3 is 3.06 bits per heavy atom. The van der Waals surface area contributed by atoms with Gasteiger partial charge in [0.1, 0.15) is 5.76 Å². The SMILES string of the molecule is C=C1[C@@H]2[C@@H](O)c3c(C)coc3C[C@@]2(C)[C@H]2C[C@@H]12. The Kier molecular flexibility index (Phi) is 1.58. The average molecular weight is 230 g/mol. The van der Waals surface area contributed by atoms with Crippen LogP contribution in [0.1, 0.15) is 36.3 Å². The molecule has 3 aliphatic rings. The fraction of sp³-hybridized carbons (Fsp3) is 0.600. The fourth-order valence-corrected chi connectivity index (χ4v) is 4.58. The number of hydrogen-bond acceptors (Lipinski definition) is 2. The average Bonchev–Trinajstić information content (AvgIpc) is 2.94. The Morgan fingerprint density at radius 2 is 2.29 bits per heavy atom. The van der Waals surface area contributed by atoms with Crippen LogP contribution in [0.15, 0.2) is 22.8 Å². The molecule has 4 rings (SSSR count). The van der Waals surface area contributed by atoms with Crippen molar-refractivity contribution in [1.29, 1.82) is 0 Å². The molecule has 0 aromatic carbocycles. The van der Waals surface area contributed by atoms with E-state index in [-0.39, 0.29) is 11.3 Å². The van der Waals surface area contributed by atoms with Gasteiger partial charge in [0.2, 0.25) is 0 Å². The summed E-state index contributed by atoms with van der Waals surface area (Å²) in [7, 11) is 0. The number of fused-ring (bicyclic) bond motifs is 4. The van der Waals surface area contributed by atoms with E-state index in [2.05, 4.69) is 13.5 Å². The number of aryl methyl sites for hydroxylation is 1. The Labute approximate surface area is 101 Å². The second-order valence-electron chi connectivity index (χ2n) is 6.38. The third-order valence-electron chi connectivity index (χ3n) is 5.48. The lowest BCUT2D eigenvalue weighted by Crippen LogP contribution is -2.37. The standard InChI is InChI=1S/C15H18O2/c1-7-6-17-11-5-15(3)10-4-9(10)8(2)13(15)14(16)12(7)11/h6,9-10,13-14,16H,2,4-5H2,1,3H3/t9-,10-,13+,14-,15-/m0/s1. The Bertz CT molecular complexity index is 527. The molecule has 17 heavy (non-hydrogen) atoms. The molecule has 2 fully saturated rings. The minimum atomic E-state index is -0.400. The summed E-state index contributed by atoms with van der Waals surface area (Å²) < 4.78 is 5.64. The van der Waals surface area contributed by atoms with Gasteiger partial charge in [0.25, 0.3) is 0 Å². The summed E-state index contributed by atoms with van der Waals surface area (Å²) >= 11 is 0. The maximum absolute atomic E-state index is 10.7. The monoisotopic (exact) mass is 230 g/mol. The van der Waals surface area contributed by atoms with Crippen molar-refractivity contribution in [3.05, 3.63) is 35.3 Å². The maximum Gasteiger partial charge on any atom is 0.110 e. The largest absolute Gasteiger partial charge is 0.469 e. The zero-order chi connectivity index (χ0) is 11.9. The molecule has 1 aromatic heterocycles. The fourth-order valence-electron chi connectivity index (χ4n) is 4.58. The summed E-state index contributed by atoms with van der Waals surface area (Å²) in [6.45, 7) is 8.58. The number of furan rings is 1. The van der Waals surface area contributed by atoms with Crippen LogP contribution in [0.4, 0.5) is 0 Å². The zero-order valence-corrected chi connectivity index (χ0v) is 10.4. The highest BCUT2D eigenvalue weighted by Crippen LogP contribution is 2.72. The van der Waals surface area contributed by atoms with Gasteiger partial charge in [-0.05, 0) is 36.2 Å². The topological polar surface area (TPSA) is 33.4 Å². The van der Waals surface area contributed by atoms with Gasteiger partial charge < -0.3 is 9.52 Å². The lowest BCUT2D eigenvalue weighted by molar-refractivity contribution is 0.0272. The van der Waals surface area contributed by atoms with Crippen LogP contribution in [-0.4, -0.2) is 5.11 Å². The van der Waals surface area contributed by atoms with Crippen molar-refractivity contribution in [2.45, 2.75) is 32.8 Å². The first-order valence-electron chi connectivity index (χ1n) is 6.47. The molecule has 0 amide bonds. The van der Waals surface area contributed by atoms with E-state index in [9.17, 15) is 5.11 Å². The predicted molar refractivity (Wildman–Crippen MR) is 64.4 cm³/mol. The van der Waals surface area contributed by atoms with Crippen LogP contribution in [-0.2, 0) is 6.42 Å². The molecule has 2 nitrogen and oxygen atoms in total. The summed E-state index contributed by atoms with van der Waals surface area (Å²) in [5, 5.41) is 10.7. The van der Waals surface area contributed by atoms with Crippen molar-refractivity contribution in [3.8, 4) is 0 Å². The van der Waals surface area contributed by atoms with Gasteiger partial charge in [-0.15, -0.1) is 0 Å². The summed E-state index contributed by atoms with van der Waals surface area (Å²) in [4.78, 5) is 0. The molecule has 5 atom stereocenters. The van der Waals surface area contributed by atoms with Crippen molar-refractivity contribution in [1.82, 2.24) is 0 Å². The molecule has 2 heteroatoms. The van der Waals surface area contributed by atoms with Crippen LogP contribution in [0.25, 0.3) is 0 Å². The first-order valence-corrected chi connectivity index (χ1v) is 6.47. The third-order valence-corrected chi connectivity index (χ3v) is 5.48. The van der Waals surface area contributed by atoms with Gasteiger partial charge in [0.15, 0.2) is 0 Å². The van der Waals surface area contributed by atoms with E-state index in [1.807, 2.05) is 6.92 Å². The van der Waals surface area contributed by atoms with Gasteiger partial charge >= 0.3 is 0 Å². The first-order chi connectivity index (χ1) is 8.04. The molecule has 1 aromatic rings. The molecule has 0 unspecified atom stereocenters. The number of hydrogen-bond donors (Lipinski definition) is 1. The molecule has 0 spiro atoms. The van der Waals surface area contributed by atoms with E-state index < -0.39 is 6.10 Å². The number of aliphatic hydroxyl groups is 1. The van der Waals surface area contributed by atoms with Gasteiger partial charge in [-0.1, -0.05) is 19.1 Å². The Morgan fingerprint density at radius 1 is 1.53 bits per heavy atom. The number of rotatable bonds is 0. The van der Waals surface area contributed by atoms with E-state index in [4.69, 9.17) is 4.42 Å². The number of aliphatic hydroxyl groups excluding tert-OH is 1. The normalized spacial score (nSPS) is 46.4. The van der Waals surface area contributed by atoms with Gasteiger partial charge in [-0.2, -0.15) is 0 Å². The summed E-state index contributed by atoms with van der Waals surface area (Å²) in [6, 6.07) is 0. The van der Waals surface area contributed by atoms with Crippen LogP contribution in [0.2, 0.25) is 0 Å². The van der Waals surface area contributed by atoms with Crippen LogP contribution in [0.5, 0.6) is 0 Å². The van der Waals surface area contributed by atoms with E-state index in [0.717, 1.165) is 29.2 Å². The van der Waals surface area contributed by atoms with E-state index in [1.54, 1.807) is 6.26 Å². The molecular weight excluding hydrogens is 212 g/mol. The molecule has 1 heterocycles. The second kappa shape index (κ2) is 2.69. The minimum Gasteiger partial charge on any atom is -0.469 e. The van der Waals surface area contributed by atoms with Crippen LogP contribution in [0, 0.1) is 30.1 Å². The van der Waals surface area contributed by atoms with Crippen molar-refractivity contribution in [2.75, 3.05) is 0 Å². The molecule has 0 radical (unpaired) electrons. The molecule has 1 N–H and O–H groups in total. The predicted octanol–water partition coefficient (Wildman–Crippen LogP) is 3.01. The highest BCUT2D eigenvalue weighted by Gasteiger charge is 2.66. The highest BCUT2D eigenvalue weighted by atomic mass is 16.3. The molecule has 2 saturated carbocycles. The van der Waals surface area contributed by atoms with Crippen LogP contribution >= 0.6 is 0 Å². The summed E-state index contributed by atoms with van der Waals surface area (Å²) in [5.41, 5.74) is 3.59. The van der Waals surface area contributed by atoms with Crippen LogP contribution < -0.4 is 0 Å².